The number of benzene rings is 2. The highest BCUT2D eigenvalue weighted by Gasteiger charge is 2.28. The van der Waals surface area contributed by atoms with E-state index in [0.717, 1.165) is 35.7 Å². The lowest BCUT2D eigenvalue weighted by molar-refractivity contribution is -0.132. The molecule has 1 saturated heterocycles. The van der Waals surface area contributed by atoms with Crippen LogP contribution in [0.25, 0.3) is 16.6 Å². The van der Waals surface area contributed by atoms with Gasteiger partial charge < -0.3 is 25.3 Å². The number of unbranched alkanes of at least 4 members (excludes halogenated alkanes) is 4. The lowest BCUT2D eigenvalue weighted by Crippen LogP contribution is -2.54. The molecule has 41 heavy (non-hydrogen) atoms. The molecule has 0 bridgehead atoms. The summed E-state index contributed by atoms with van der Waals surface area (Å²) >= 11 is 0. The molecule has 1 aliphatic rings. The standard InChI is InChI=1S/C32H40N6O3/c1-2-3-4-5-11-20-41-30-29(23-35-38(32(30)40)25-12-7-6-8-13-25)36-16-18-37(19-17-36)31(39)27(33)21-24-22-34-28-15-10-9-14-26(24)28/h6-10,12-15,22-23,27,34H,2-5,11,16-21,33H2,1H3/t27-/m1/s1. The average molecular weight is 557 g/mol. The van der Waals surface area contributed by atoms with Crippen molar-refractivity contribution in [2.45, 2.75) is 51.5 Å². The van der Waals surface area contributed by atoms with Crippen molar-refractivity contribution in [3.8, 4) is 11.4 Å². The zero-order valence-corrected chi connectivity index (χ0v) is 23.8. The molecule has 3 N–H and O–H groups in total. The largest absolute Gasteiger partial charge is 0.486 e. The lowest BCUT2D eigenvalue weighted by Gasteiger charge is -2.37. The average Bonchev–Trinajstić information content (AvgIpc) is 3.42. The molecule has 1 fully saturated rings. The molecule has 9 heteroatoms. The van der Waals surface area contributed by atoms with Crippen molar-refractivity contribution in [2.24, 2.45) is 5.73 Å². The summed E-state index contributed by atoms with van der Waals surface area (Å²) in [5, 5.41) is 5.57. The zero-order valence-electron chi connectivity index (χ0n) is 23.8. The van der Waals surface area contributed by atoms with E-state index in [0.29, 0.717) is 56.3 Å². The van der Waals surface area contributed by atoms with E-state index in [1.54, 1.807) is 6.20 Å². The van der Waals surface area contributed by atoms with Crippen molar-refractivity contribution in [1.29, 1.82) is 0 Å². The number of ether oxygens (including phenoxy) is 1. The second-order valence-electron chi connectivity index (χ2n) is 10.7. The van der Waals surface area contributed by atoms with Crippen molar-refractivity contribution in [2.75, 3.05) is 37.7 Å². The zero-order chi connectivity index (χ0) is 28.6. The highest BCUT2D eigenvalue weighted by Crippen LogP contribution is 2.26. The van der Waals surface area contributed by atoms with Gasteiger partial charge in [-0.15, -0.1) is 0 Å². The van der Waals surface area contributed by atoms with Gasteiger partial charge in [0.05, 0.1) is 24.5 Å². The number of piperazine rings is 1. The van der Waals surface area contributed by atoms with Crippen molar-refractivity contribution >= 4 is 22.5 Å². The molecule has 0 radical (unpaired) electrons. The van der Waals surface area contributed by atoms with Crippen LogP contribution in [0.2, 0.25) is 0 Å². The molecule has 0 aliphatic carbocycles. The van der Waals surface area contributed by atoms with E-state index < -0.39 is 6.04 Å². The number of aromatic amines is 1. The van der Waals surface area contributed by atoms with E-state index in [4.69, 9.17) is 10.5 Å². The number of nitrogens with two attached hydrogens (primary N) is 1. The number of nitrogens with zero attached hydrogens (tertiary/aromatic N) is 4. The van der Waals surface area contributed by atoms with Crippen LogP contribution >= 0.6 is 0 Å². The Bertz CT molecular complexity index is 1490. The normalized spacial score (nSPS) is 14.4. The van der Waals surface area contributed by atoms with E-state index in [2.05, 4.69) is 21.9 Å². The van der Waals surface area contributed by atoms with Crippen molar-refractivity contribution in [3.05, 3.63) is 82.9 Å². The van der Waals surface area contributed by atoms with Crippen LogP contribution in [0.4, 0.5) is 5.69 Å². The molecule has 0 saturated carbocycles. The molecule has 2 aromatic heterocycles. The van der Waals surface area contributed by atoms with Gasteiger partial charge >= 0.3 is 5.56 Å². The van der Waals surface area contributed by atoms with E-state index >= 15 is 0 Å². The summed E-state index contributed by atoms with van der Waals surface area (Å²) in [5.74, 6) is 0.256. The Hall–Kier alpha value is -4.11. The van der Waals surface area contributed by atoms with Crippen LogP contribution in [0.5, 0.6) is 5.75 Å². The number of aromatic nitrogens is 3. The van der Waals surface area contributed by atoms with E-state index in [-0.39, 0.29) is 11.5 Å². The smallest absolute Gasteiger partial charge is 0.316 e. The minimum absolute atomic E-state index is 0.0592. The van der Waals surface area contributed by atoms with Gasteiger partial charge in [-0.3, -0.25) is 9.59 Å². The number of anilines is 1. The van der Waals surface area contributed by atoms with Gasteiger partial charge in [-0.05, 0) is 36.6 Å². The maximum Gasteiger partial charge on any atom is 0.316 e. The topological polar surface area (TPSA) is 109 Å². The predicted octanol–water partition coefficient (Wildman–Crippen LogP) is 4.28. The number of amides is 1. The molecular weight excluding hydrogens is 516 g/mol. The molecular formula is C32H40N6O3. The first-order valence-corrected chi connectivity index (χ1v) is 14.7. The van der Waals surface area contributed by atoms with Crippen LogP contribution in [-0.4, -0.2) is 64.4 Å². The van der Waals surface area contributed by atoms with Gasteiger partial charge in [0.25, 0.3) is 0 Å². The highest BCUT2D eigenvalue weighted by atomic mass is 16.5. The minimum Gasteiger partial charge on any atom is -0.486 e. The van der Waals surface area contributed by atoms with Crippen LogP contribution < -0.4 is 20.9 Å². The summed E-state index contributed by atoms with van der Waals surface area (Å²) in [6.07, 6.45) is 9.63. The summed E-state index contributed by atoms with van der Waals surface area (Å²) in [5.41, 5.74) is 9.57. The van der Waals surface area contributed by atoms with Crippen LogP contribution in [0.3, 0.4) is 0 Å². The molecule has 216 valence electrons. The first kappa shape index (κ1) is 28.4. The summed E-state index contributed by atoms with van der Waals surface area (Å²) in [7, 11) is 0. The van der Waals surface area contributed by atoms with E-state index in [1.807, 2.05) is 65.7 Å². The second-order valence-corrected chi connectivity index (χ2v) is 10.7. The molecule has 5 rings (SSSR count). The first-order valence-electron chi connectivity index (χ1n) is 14.7. The Morgan fingerprint density at radius 2 is 1.73 bits per heavy atom. The summed E-state index contributed by atoms with van der Waals surface area (Å²) < 4.78 is 7.54. The number of H-pyrrole nitrogens is 1. The Labute approximate surface area is 240 Å². The van der Waals surface area contributed by atoms with Crippen LogP contribution in [0, 0.1) is 0 Å². The Balaban J connectivity index is 1.26. The monoisotopic (exact) mass is 556 g/mol. The molecule has 1 amide bonds. The fraction of sp³-hybridized carbons (Fsp3) is 0.406. The molecule has 0 spiro atoms. The summed E-state index contributed by atoms with van der Waals surface area (Å²) in [6, 6.07) is 16.8. The van der Waals surface area contributed by atoms with Gasteiger partial charge in [0.1, 0.15) is 5.69 Å². The van der Waals surface area contributed by atoms with Crippen molar-refractivity contribution in [3.63, 3.8) is 0 Å². The summed E-state index contributed by atoms with van der Waals surface area (Å²) in [4.78, 5) is 34.0. The van der Waals surface area contributed by atoms with Gasteiger partial charge in [-0.1, -0.05) is 69.0 Å². The maximum absolute atomic E-state index is 13.6. The maximum atomic E-state index is 13.6. The first-order chi connectivity index (χ1) is 20.1. The Morgan fingerprint density at radius 3 is 2.51 bits per heavy atom. The van der Waals surface area contributed by atoms with Gasteiger partial charge in [0, 0.05) is 43.3 Å². The van der Waals surface area contributed by atoms with Gasteiger partial charge in [-0.25, -0.2) is 0 Å². The number of nitrogens with one attached hydrogen (secondary N) is 1. The van der Waals surface area contributed by atoms with E-state index in [1.165, 1.54) is 17.5 Å². The number of rotatable bonds is 12. The highest BCUT2D eigenvalue weighted by molar-refractivity contribution is 5.86. The van der Waals surface area contributed by atoms with Crippen LogP contribution in [0.1, 0.15) is 44.6 Å². The number of para-hydroxylation sites is 2. The SMILES string of the molecule is CCCCCCCOc1c(N2CCN(C(=O)[C@H](N)Cc3c[nH]c4ccccc34)CC2)cnn(-c2ccccc2)c1=O. The minimum atomic E-state index is -0.621. The molecule has 4 aromatic rings. The van der Waals surface area contributed by atoms with Gasteiger partial charge in [0.2, 0.25) is 11.7 Å². The number of fused-ring (bicyclic) bond motifs is 1. The Morgan fingerprint density at radius 1 is 1.00 bits per heavy atom. The quantitative estimate of drug-likeness (QED) is 0.252. The van der Waals surface area contributed by atoms with Crippen molar-refractivity contribution < 1.29 is 9.53 Å². The molecule has 3 heterocycles. The third kappa shape index (κ3) is 6.62. The second kappa shape index (κ2) is 13.5. The summed E-state index contributed by atoms with van der Waals surface area (Å²) in [6.45, 7) is 4.82. The van der Waals surface area contributed by atoms with Crippen LogP contribution in [-0.2, 0) is 11.2 Å². The predicted molar refractivity (Wildman–Crippen MR) is 163 cm³/mol. The molecule has 2 aromatic carbocycles. The third-order valence-electron chi connectivity index (χ3n) is 7.77. The van der Waals surface area contributed by atoms with Crippen molar-refractivity contribution in [1.82, 2.24) is 19.7 Å². The van der Waals surface area contributed by atoms with E-state index in [9.17, 15) is 9.59 Å². The van der Waals surface area contributed by atoms with Gasteiger partial charge in [0.15, 0.2) is 0 Å². The number of carbonyl (C=O) groups excluding carboxylic acids is 1. The lowest BCUT2D eigenvalue weighted by atomic mass is 10.0. The molecule has 1 aliphatic heterocycles. The molecule has 1 atom stereocenters. The fourth-order valence-corrected chi connectivity index (χ4v) is 5.45. The third-order valence-corrected chi connectivity index (χ3v) is 7.77. The number of hydrogen-bond acceptors (Lipinski definition) is 6. The van der Waals surface area contributed by atoms with Crippen LogP contribution in [0.15, 0.2) is 71.8 Å². The molecule has 9 nitrogen and oxygen atoms in total. The fourth-order valence-electron chi connectivity index (χ4n) is 5.45. The number of hydrogen-bond donors (Lipinski definition) is 2. The Kier molecular flexibility index (Phi) is 9.36. The number of carbonyl (C=O) groups is 1. The van der Waals surface area contributed by atoms with Gasteiger partial charge in [-0.2, -0.15) is 9.78 Å². The molecule has 0 unspecified atom stereocenters.